The largest absolute Gasteiger partial charge is 0.508 e. The molecule has 2 aromatic rings. The van der Waals surface area contributed by atoms with Gasteiger partial charge in [-0.15, -0.1) is 0 Å². The summed E-state index contributed by atoms with van der Waals surface area (Å²) in [6.45, 7) is 0.0839. The van der Waals surface area contributed by atoms with Crippen LogP contribution in [-0.4, -0.2) is 40.1 Å². The molecule has 0 spiro atoms. The number of piperidine rings is 1. The molecule has 1 aliphatic heterocycles. The highest BCUT2D eigenvalue weighted by Crippen LogP contribution is 2.23. The molecule has 3 unspecified atom stereocenters. The molecule has 2 aromatic carbocycles. The van der Waals surface area contributed by atoms with Crippen LogP contribution in [0, 0.1) is 5.82 Å². The van der Waals surface area contributed by atoms with Crippen molar-refractivity contribution in [1.29, 1.82) is 0 Å². The van der Waals surface area contributed by atoms with E-state index < -0.39 is 17.7 Å². The molecule has 0 bridgehead atoms. The van der Waals surface area contributed by atoms with Crippen molar-refractivity contribution >= 4 is 0 Å². The number of hydrogen-bond acceptors (Lipinski definition) is 5. The zero-order chi connectivity index (χ0) is 19.9. The van der Waals surface area contributed by atoms with Crippen LogP contribution in [0.2, 0.25) is 0 Å². The van der Waals surface area contributed by atoms with Crippen LogP contribution in [0.3, 0.4) is 0 Å². The van der Waals surface area contributed by atoms with Crippen molar-refractivity contribution in [2.24, 2.45) is 0 Å². The second kappa shape index (κ2) is 9.75. The first kappa shape index (κ1) is 20.4. The molecule has 1 aliphatic rings. The Balaban J connectivity index is 1.40. The Morgan fingerprint density at radius 2 is 1.82 bits per heavy atom. The summed E-state index contributed by atoms with van der Waals surface area (Å²) >= 11 is 0. The molecule has 3 rings (SSSR count). The molecule has 0 amide bonds. The minimum absolute atomic E-state index is 0.0839. The van der Waals surface area contributed by atoms with Gasteiger partial charge in [0, 0.05) is 18.2 Å². The van der Waals surface area contributed by atoms with E-state index in [1.54, 1.807) is 12.1 Å². The van der Waals surface area contributed by atoms with Gasteiger partial charge in [-0.05, 0) is 61.9 Å². The number of rotatable bonds is 8. The maximum absolute atomic E-state index is 13.3. The van der Waals surface area contributed by atoms with Gasteiger partial charge in [-0.25, -0.2) is 4.39 Å². The number of phenolic OH excluding ortho intramolecular Hbond substituents is 2. The van der Waals surface area contributed by atoms with Crippen molar-refractivity contribution in [3.8, 4) is 17.2 Å². The molecule has 1 saturated heterocycles. The van der Waals surface area contributed by atoms with Gasteiger partial charge in [0.05, 0.1) is 6.10 Å². The maximum atomic E-state index is 13.3. The van der Waals surface area contributed by atoms with Crippen LogP contribution in [0.25, 0.3) is 0 Å². The first-order valence-electron chi connectivity index (χ1n) is 9.83. The average Bonchev–Trinajstić information content (AvgIpc) is 2.69. The van der Waals surface area contributed by atoms with E-state index in [0.717, 1.165) is 38.2 Å². The lowest BCUT2D eigenvalue weighted by molar-refractivity contribution is 0.0830. The Hall–Kier alpha value is -2.31. The van der Waals surface area contributed by atoms with Crippen LogP contribution in [0.1, 0.15) is 37.7 Å². The minimum atomic E-state index is -0.739. The fraction of sp³-hybridized carbons (Fsp3) is 0.455. The zero-order valence-electron chi connectivity index (χ0n) is 15.9. The summed E-state index contributed by atoms with van der Waals surface area (Å²) in [4.78, 5) is 0. The quantitative estimate of drug-likeness (QED) is 0.555. The molecule has 6 heteroatoms. The number of phenols is 2. The van der Waals surface area contributed by atoms with E-state index in [1.165, 1.54) is 17.7 Å². The number of benzene rings is 2. The van der Waals surface area contributed by atoms with Crippen LogP contribution in [0.5, 0.6) is 17.2 Å². The Morgan fingerprint density at radius 3 is 2.57 bits per heavy atom. The highest BCUT2D eigenvalue weighted by Gasteiger charge is 2.23. The number of hydrogen-bond donors (Lipinski definition) is 4. The smallest absolute Gasteiger partial charge is 0.168 e. The Labute approximate surface area is 164 Å². The van der Waals surface area contributed by atoms with E-state index in [0.29, 0.717) is 12.5 Å². The molecular weight excluding hydrogens is 361 g/mol. The van der Waals surface area contributed by atoms with Gasteiger partial charge >= 0.3 is 0 Å². The highest BCUT2D eigenvalue weighted by molar-refractivity contribution is 5.32. The number of aliphatic hydroxyl groups is 1. The van der Waals surface area contributed by atoms with Gasteiger partial charge in [0.25, 0.3) is 0 Å². The number of nitrogens with one attached hydrogen (secondary N) is 1. The van der Waals surface area contributed by atoms with Gasteiger partial charge in [0.2, 0.25) is 0 Å². The summed E-state index contributed by atoms with van der Waals surface area (Å²) in [6.07, 6.45) is 5.15. The molecule has 3 atom stereocenters. The molecule has 0 aliphatic carbocycles. The second-order valence-electron chi connectivity index (χ2n) is 7.51. The van der Waals surface area contributed by atoms with Gasteiger partial charge in [-0.1, -0.05) is 18.6 Å². The van der Waals surface area contributed by atoms with Gasteiger partial charge in [0.15, 0.2) is 11.6 Å². The van der Waals surface area contributed by atoms with E-state index in [1.807, 2.05) is 12.1 Å². The standard InChI is InChI=1S/C22H28FNO4/c23-21-13-20(10-11-22(21)27)28-14-19(26)12-17-3-1-2-16(24-17)7-4-15-5-8-18(25)9-6-15/h5-6,8-11,13,16-17,19,24-27H,1-4,7,12,14H2. The molecule has 1 fully saturated rings. The summed E-state index contributed by atoms with van der Waals surface area (Å²) in [6, 6.07) is 11.8. The number of ether oxygens (including phenoxy) is 1. The molecule has 4 N–H and O–H groups in total. The Morgan fingerprint density at radius 1 is 1.07 bits per heavy atom. The molecular formula is C22H28FNO4. The van der Waals surface area contributed by atoms with Crippen molar-refractivity contribution in [2.45, 2.75) is 56.7 Å². The van der Waals surface area contributed by atoms with Crippen LogP contribution in [0.15, 0.2) is 42.5 Å². The summed E-state index contributed by atoms with van der Waals surface area (Å²) < 4.78 is 18.8. The lowest BCUT2D eigenvalue weighted by Crippen LogP contribution is -2.44. The summed E-state index contributed by atoms with van der Waals surface area (Å²) in [5, 5.41) is 32.4. The van der Waals surface area contributed by atoms with Crippen LogP contribution < -0.4 is 10.1 Å². The van der Waals surface area contributed by atoms with Crippen molar-refractivity contribution in [1.82, 2.24) is 5.32 Å². The van der Waals surface area contributed by atoms with E-state index in [2.05, 4.69) is 5.32 Å². The second-order valence-corrected chi connectivity index (χ2v) is 7.51. The third-order valence-electron chi connectivity index (χ3n) is 5.21. The fourth-order valence-electron chi connectivity index (χ4n) is 3.69. The third kappa shape index (κ3) is 6.11. The third-order valence-corrected chi connectivity index (χ3v) is 5.21. The normalized spacial score (nSPS) is 20.6. The summed E-state index contributed by atoms with van der Waals surface area (Å²) in [7, 11) is 0. The van der Waals surface area contributed by atoms with Crippen LogP contribution in [-0.2, 0) is 6.42 Å². The number of aliphatic hydroxyl groups excluding tert-OH is 1. The molecule has 5 nitrogen and oxygen atoms in total. The Kier molecular flexibility index (Phi) is 7.12. The van der Waals surface area contributed by atoms with Crippen LogP contribution >= 0.6 is 0 Å². The SMILES string of the molecule is Oc1ccc(CCC2CCCC(CC(O)COc3ccc(O)c(F)c3)N2)cc1. The lowest BCUT2D eigenvalue weighted by atomic mass is 9.91. The molecule has 152 valence electrons. The van der Waals surface area contributed by atoms with Crippen molar-refractivity contribution < 1.29 is 24.4 Å². The molecule has 0 radical (unpaired) electrons. The van der Waals surface area contributed by atoms with E-state index in [-0.39, 0.29) is 24.1 Å². The average molecular weight is 389 g/mol. The summed E-state index contributed by atoms with van der Waals surface area (Å²) in [5.41, 5.74) is 1.20. The van der Waals surface area contributed by atoms with E-state index in [4.69, 9.17) is 4.74 Å². The fourth-order valence-corrected chi connectivity index (χ4v) is 3.69. The topological polar surface area (TPSA) is 82.0 Å². The highest BCUT2D eigenvalue weighted by atomic mass is 19.1. The van der Waals surface area contributed by atoms with Gasteiger partial charge in [-0.2, -0.15) is 0 Å². The van der Waals surface area contributed by atoms with Crippen molar-refractivity contribution in [3.05, 3.63) is 53.8 Å². The van der Waals surface area contributed by atoms with Gasteiger partial charge in [0.1, 0.15) is 18.1 Å². The van der Waals surface area contributed by atoms with Gasteiger partial charge < -0.3 is 25.4 Å². The summed E-state index contributed by atoms with van der Waals surface area (Å²) in [5.74, 6) is -0.585. The maximum Gasteiger partial charge on any atom is 0.168 e. The Bertz CT molecular complexity index is 753. The molecule has 0 saturated carbocycles. The van der Waals surface area contributed by atoms with Gasteiger partial charge in [-0.3, -0.25) is 0 Å². The van der Waals surface area contributed by atoms with E-state index in [9.17, 15) is 19.7 Å². The van der Waals surface area contributed by atoms with Crippen LogP contribution in [0.4, 0.5) is 4.39 Å². The predicted octanol–water partition coefficient (Wildman–Crippen LogP) is 3.51. The number of halogens is 1. The number of aryl methyl sites for hydroxylation is 1. The van der Waals surface area contributed by atoms with E-state index >= 15 is 0 Å². The monoisotopic (exact) mass is 389 g/mol. The van der Waals surface area contributed by atoms with Crippen molar-refractivity contribution in [3.63, 3.8) is 0 Å². The lowest BCUT2D eigenvalue weighted by Gasteiger charge is -2.32. The van der Waals surface area contributed by atoms with Crippen molar-refractivity contribution in [2.75, 3.05) is 6.61 Å². The first-order valence-corrected chi connectivity index (χ1v) is 9.83. The molecule has 0 aromatic heterocycles. The minimum Gasteiger partial charge on any atom is -0.508 e. The zero-order valence-corrected chi connectivity index (χ0v) is 15.9. The molecule has 1 heterocycles. The molecule has 28 heavy (non-hydrogen) atoms. The predicted molar refractivity (Wildman–Crippen MR) is 105 cm³/mol. The number of aromatic hydroxyl groups is 2. The first-order chi connectivity index (χ1) is 13.5.